The van der Waals surface area contributed by atoms with Gasteiger partial charge in [0.1, 0.15) is 0 Å². The van der Waals surface area contributed by atoms with E-state index in [0.29, 0.717) is 0 Å². The molecule has 5 aromatic rings. The van der Waals surface area contributed by atoms with Gasteiger partial charge in [0.05, 0.1) is 10.8 Å². The Labute approximate surface area is 264 Å². The largest absolute Gasteiger partial charge is 0.0839 e. The number of rotatable bonds is 4. The molecule has 2 unspecified atom stereocenters. The Morgan fingerprint density at radius 2 is 0.950 bits per heavy atom. The molecule has 7 rings (SSSR count). The van der Waals surface area contributed by atoms with Crippen LogP contribution < -0.4 is 0 Å². The zero-order chi connectivity index (χ0) is 27.2. The van der Waals surface area contributed by atoms with Gasteiger partial charge in [-0.1, -0.05) is 121 Å². The summed E-state index contributed by atoms with van der Waals surface area (Å²) in [5.41, 5.74) is 10.1. The average molecular weight is 738 g/mol. The summed E-state index contributed by atoms with van der Waals surface area (Å²) in [6, 6.07) is 49.9. The van der Waals surface area contributed by atoms with Crippen LogP contribution in [0.2, 0.25) is 0 Å². The number of benzene rings is 5. The topological polar surface area (TPSA) is 0 Å². The second-order valence-electron chi connectivity index (χ2n) is 10.6. The molecule has 5 aromatic carbocycles. The lowest BCUT2D eigenvalue weighted by Gasteiger charge is -2.52. The van der Waals surface area contributed by atoms with Gasteiger partial charge in [-0.15, -0.1) is 0 Å². The Morgan fingerprint density at radius 3 is 1.52 bits per heavy atom. The Kier molecular flexibility index (Phi) is 6.79. The van der Waals surface area contributed by atoms with E-state index in [1.165, 1.54) is 51.7 Å². The van der Waals surface area contributed by atoms with Gasteiger partial charge in [-0.2, -0.15) is 0 Å². The number of halogens is 2. The molecule has 194 valence electrons. The molecule has 40 heavy (non-hydrogen) atoms. The van der Waals surface area contributed by atoms with Gasteiger partial charge in [-0.3, -0.25) is 0 Å². The van der Waals surface area contributed by atoms with E-state index in [1.54, 1.807) is 0 Å². The average Bonchev–Trinajstić information content (AvgIpc) is 3.01. The summed E-state index contributed by atoms with van der Waals surface area (Å²) in [4.78, 5) is 0. The van der Waals surface area contributed by atoms with Crippen molar-refractivity contribution in [1.29, 1.82) is 0 Å². The quantitative estimate of drug-likeness (QED) is 0.161. The van der Waals surface area contributed by atoms with Crippen molar-refractivity contribution in [3.63, 3.8) is 0 Å². The van der Waals surface area contributed by atoms with Crippen LogP contribution in [0.4, 0.5) is 0 Å². The molecule has 0 fully saturated rings. The summed E-state index contributed by atoms with van der Waals surface area (Å²) in [5, 5.41) is 0. The maximum Gasteiger partial charge on any atom is 0.0705 e. The van der Waals surface area contributed by atoms with Crippen molar-refractivity contribution >= 4 is 45.2 Å². The van der Waals surface area contributed by atoms with Crippen LogP contribution in [0.5, 0.6) is 0 Å². The predicted molar refractivity (Wildman–Crippen MR) is 183 cm³/mol. The highest BCUT2D eigenvalue weighted by Crippen LogP contribution is 2.61. The number of hydrogen-bond donors (Lipinski definition) is 0. The molecular formula is C38H28I2. The maximum atomic E-state index is 2.47. The van der Waals surface area contributed by atoms with Gasteiger partial charge in [-0.25, -0.2) is 0 Å². The van der Waals surface area contributed by atoms with Gasteiger partial charge in [0.2, 0.25) is 0 Å². The molecule has 0 N–H and O–H groups in total. The number of hydrogen-bond acceptors (Lipinski definition) is 0. The molecule has 0 amide bonds. The van der Waals surface area contributed by atoms with Crippen molar-refractivity contribution < 1.29 is 0 Å². The Hall–Kier alpha value is -2.96. The maximum absolute atomic E-state index is 2.47. The molecule has 0 spiro atoms. The predicted octanol–water partition coefficient (Wildman–Crippen LogP) is 10.2. The summed E-state index contributed by atoms with van der Waals surface area (Å²) in [5.74, 6) is 0. The Morgan fingerprint density at radius 1 is 0.475 bits per heavy atom. The molecule has 2 atom stereocenters. The molecule has 0 nitrogen and oxygen atoms in total. The number of allylic oxidation sites excluding steroid dienone is 4. The summed E-state index contributed by atoms with van der Waals surface area (Å²) in [6.45, 7) is 0. The third kappa shape index (κ3) is 3.82. The smallest absolute Gasteiger partial charge is 0.0705 e. The highest BCUT2D eigenvalue weighted by atomic mass is 127. The third-order valence-electron chi connectivity index (χ3n) is 8.69. The lowest BCUT2D eigenvalue weighted by atomic mass is 9.49. The molecule has 0 aliphatic heterocycles. The second kappa shape index (κ2) is 10.5. The van der Waals surface area contributed by atoms with Gasteiger partial charge in [-0.05, 0) is 127 Å². The summed E-state index contributed by atoms with van der Waals surface area (Å²) in [6.07, 6.45) is 6.89. The molecule has 2 heteroatoms. The highest BCUT2D eigenvalue weighted by Gasteiger charge is 2.54. The fourth-order valence-corrected chi connectivity index (χ4v) is 8.37. The molecule has 0 radical (unpaired) electrons. The Bertz CT molecular complexity index is 1770. The highest BCUT2D eigenvalue weighted by molar-refractivity contribution is 14.1. The van der Waals surface area contributed by atoms with Crippen LogP contribution in [0.15, 0.2) is 157 Å². The first-order chi connectivity index (χ1) is 19.7. The van der Waals surface area contributed by atoms with Crippen LogP contribution in [0.3, 0.4) is 0 Å². The third-order valence-corrected chi connectivity index (χ3v) is 10.0. The van der Waals surface area contributed by atoms with Gasteiger partial charge in [0.25, 0.3) is 0 Å². The van der Waals surface area contributed by atoms with Crippen LogP contribution in [0.25, 0.3) is 0 Å². The van der Waals surface area contributed by atoms with E-state index in [4.69, 9.17) is 0 Å². The fourth-order valence-electron chi connectivity index (χ4n) is 7.28. The van der Waals surface area contributed by atoms with E-state index in [9.17, 15) is 0 Å². The summed E-state index contributed by atoms with van der Waals surface area (Å²) >= 11 is 4.94. The molecule has 2 aliphatic rings. The van der Waals surface area contributed by atoms with Crippen LogP contribution in [0, 0.1) is 7.14 Å². The van der Waals surface area contributed by atoms with Crippen LogP contribution in [0.1, 0.15) is 46.2 Å². The number of fused-ring (bicyclic) bond motifs is 1. The standard InChI is InChI=1S/C38H28I2/c39-31-19-11-17-29(25-31)37(27-13-3-1-4-14-27)33-21-7-9-23-35(33)38(28-15-5-2-6-16-28,30-18-12-20-32(40)26-30)36-24-10-8-22-34(36)37/h1-9,11-23,25-26H,10,24H2. The van der Waals surface area contributed by atoms with Crippen molar-refractivity contribution in [3.8, 4) is 0 Å². The van der Waals surface area contributed by atoms with Crippen LogP contribution in [-0.4, -0.2) is 0 Å². The van der Waals surface area contributed by atoms with Crippen molar-refractivity contribution in [3.05, 3.63) is 197 Å². The normalized spacial score (nSPS) is 21.6. The SMILES string of the molecule is Ic1cccc(C2(c3ccccc3)C3=C(CCC=C3)C(c3ccccc3)(c3cccc(I)c3)c3ccccc32)c1. The zero-order valence-corrected chi connectivity index (χ0v) is 26.3. The molecule has 0 aromatic heterocycles. The lowest BCUT2D eigenvalue weighted by molar-refractivity contribution is 0.575. The van der Waals surface area contributed by atoms with Crippen LogP contribution in [-0.2, 0) is 10.8 Å². The fraction of sp³-hybridized carbons (Fsp3) is 0.105. The summed E-state index contributed by atoms with van der Waals surface area (Å²) < 4.78 is 2.51. The van der Waals surface area contributed by atoms with Gasteiger partial charge < -0.3 is 0 Å². The Balaban J connectivity index is 1.73. The van der Waals surface area contributed by atoms with Crippen molar-refractivity contribution in [2.75, 3.05) is 0 Å². The minimum Gasteiger partial charge on any atom is -0.0839 e. The zero-order valence-electron chi connectivity index (χ0n) is 22.0. The van der Waals surface area contributed by atoms with Crippen molar-refractivity contribution in [1.82, 2.24) is 0 Å². The monoisotopic (exact) mass is 738 g/mol. The van der Waals surface area contributed by atoms with E-state index < -0.39 is 5.41 Å². The van der Waals surface area contributed by atoms with E-state index in [0.717, 1.165) is 12.8 Å². The minimum atomic E-state index is -0.425. The summed E-state index contributed by atoms with van der Waals surface area (Å²) in [7, 11) is 0. The molecule has 0 saturated carbocycles. The van der Waals surface area contributed by atoms with Gasteiger partial charge in [0, 0.05) is 7.14 Å². The molecular weight excluding hydrogens is 710 g/mol. The molecule has 0 saturated heterocycles. The molecule has 2 aliphatic carbocycles. The van der Waals surface area contributed by atoms with Crippen molar-refractivity contribution in [2.45, 2.75) is 23.7 Å². The molecule has 0 heterocycles. The van der Waals surface area contributed by atoms with E-state index in [1.807, 2.05) is 0 Å². The minimum absolute atomic E-state index is 0.390. The first-order valence-electron chi connectivity index (χ1n) is 13.8. The first-order valence-corrected chi connectivity index (χ1v) is 16.0. The first kappa shape index (κ1) is 26.0. The van der Waals surface area contributed by atoms with Gasteiger partial charge >= 0.3 is 0 Å². The van der Waals surface area contributed by atoms with E-state index in [2.05, 4.69) is 191 Å². The molecule has 0 bridgehead atoms. The van der Waals surface area contributed by atoms with E-state index in [-0.39, 0.29) is 5.41 Å². The van der Waals surface area contributed by atoms with Gasteiger partial charge in [0.15, 0.2) is 0 Å². The van der Waals surface area contributed by atoms with Crippen molar-refractivity contribution in [2.24, 2.45) is 0 Å². The van der Waals surface area contributed by atoms with Crippen LogP contribution >= 0.6 is 45.2 Å². The lowest BCUT2D eigenvalue weighted by Crippen LogP contribution is -2.46. The van der Waals surface area contributed by atoms with E-state index >= 15 is 0 Å². The second-order valence-corrected chi connectivity index (χ2v) is 13.1.